The molecule has 1 unspecified atom stereocenters. The van der Waals surface area contributed by atoms with Crippen molar-refractivity contribution < 1.29 is 14.1 Å². The molecular weight excluding hydrogens is 366 g/mol. The number of benzene rings is 2. The van der Waals surface area contributed by atoms with E-state index >= 15 is 0 Å². The summed E-state index contributed by atoms with van der Waals surface area (Å²) in [5.74, 6) is 2.01. The van der Waals surface area contributed by atoms with Gasteiger partial charge < -0.3 is 14.2 Å². The van der Waals surface area contributed by atoms with Crippen molar-refractivity contribution in [3.63, 3.8) is 0 Å². The van der Waals surface area contributed by atoms with E-state index in [-0.39, 0.29) is 11.8 Å². The summed E-state index contributed by atoms with van der Waals surface area (Å²) in [5.41, 5.74) is 3.24. The van der Waals surface area contributed by atoms with E-state index in [9.17, 15) is 4.79 Å². The minimum Gasteiger partial charge on any atom is -0.494 e. The SMILES string of the molecule is CCOc1ccc(CN2CC(c3noc(-c4ccc(CC)cc4)n3)CC2=O)cc1. The molecule has 150 valence electrons. The Morgan fingerprint density at radius 2 is 1.79 bits per heavy atom. The Bertz CT molecular complexity index is 964. The van der Waals surface area contributed by atoms with Gasteiger partial charge in [-0.2, -0.15) is 4.98 Å². The van der Waals surface area contributed by atoms with Crippen molar-refractivity contribution in [2.75, 3.05) is 13.2 Å². The lowest BCUT2D eigenvalue weighted by Gasteiger charge is -2.16. The molecule has 2 heterocycles. The molecule has 6 nitrogen and oxygen atoms in total. The number of aryl methyl sites for hydroxylation is 1. The fraction of sp³-hybridized carbons (Fsp3) is 0.348. The molecule has 0 spiro atoms. The van der Waals surface area contributed by atoms with Crippen LogP contribution < -0.4 is 4.74 Å². The third kappa shape index (κ3) is 4.31. The number of likely N-dealkylation sites (tertiary alicyclic amines) is 1. The molecule has 0 N–H and O–H groups in total. The van der Waals surface area contributed by atoms with Crippen molar-refractivity contribution in [2.24, 2.45) is 0 Å². The van der Waals surface area contributed by atoms with Gasteiger partial charge in [-0.3, -0.25) is 4.79 Å². The second-order valence-electron chi connectivity index (χ2n) is 7.26. The number of carbonyl (C=O) groups is 1. The number of nitrogens with zero attached hydrogens (tertiary/aromatic N) is 3. The monoisotopic (exact) mass is 391 g/mol. The quantitative estimate of drug-likeness (QED) is 0.603. The number of aromatic nitrogens is 2. The molecule has 29 heavy (non-hydrogen) atoms. The maximum absolute atomic E-state index is 12.5. The Morgan fingerprint density at radius 3 is 2.48 bits per heavy atom. The number of rotatable bonds is 7. The third-order valence-electron chi connectivity index (χ3n) is 5.24. The Labute approximate surface area is 170 Å². The van der Waals surface area contributed by atoms with E-state index in [1.807, 2.05) is 48.2 Å². The molecule has 6 heteroatoms. The van der Waals surface area contributed by atoms with Crippen LogP contribution in [0.25, 0.3) is 11.5 Å². The van der Waals surface area contributed by atoms with E-state index in [0.29, 0.717) is 37.8 Å². The molecular formula is C23H25N3O3. The second kappa shape index (κ2) is 8.47. The standard InChI is InChI=1S/C23H25N3O3/c1-3-16-5-9-18(10-6-16)23-24-22(25-29-23)19-13-21(27)26(15-19)14-17-7-11-20(12-8-17)28-4-2/h5-12,19H,3-4,13-15H2,1-2H3. The number of amides is 1. The van der Waals surface area contributed by atoms with Crippen LogP contribution >= 0.6 is 0 Å². The molecule has 1 saturated heterocycles. The average Bonchev–Trinajstić information content (AvgIpc) is 3.37. The Kier molecular flexibility index (Phi) is 5.60. The molecule has 2 aromatic carbocycles. The molecule has 3 aromatic rings. The first-order chi connectivity index (χ1) is 14.2. The lowest BCUT2D eigenvalue weighted by molar-refractivity contribution is -0.128. The van der Waals surface area contributed by atoms with Gasteiger partial charge in [0, 0.05) is 31.0 Å². The van der Waals surface area contributed by atoms with Crippen molar-refractivity contribution in [3.8, 4) is 17.2 Å². The van der Waals surface area contributed by atoms with Crippen LogP contribution in [0.4, 0.5) is 0 Å². The molecule has 1 aliphatic heterocycles. The second-order valence-corrected chi connectivity index (χ2v) is 7.26. The van der Waals surface area contributed by atoms with Crippen molar-refractivity contribution in [2.45, 2.75) is 39.2 Å². The summed E-state index contributed by atoms with van der Waals surface area (Å²) in [7, 11) is 0. The van der Waals surface area contributed by atoms with Crippen LogP contribution in [-0.4, -0.2) is 34.1 Å². The molecule has 0 bridgehead atoms. The highest BCUT2D eigenvalue weighted by Gasteiger charge is 2.33. The molecule has 1 atom stereocenters. The van der Waals surface area contributed by atoms with Gasteiger partial charge in [0.1, 0.15) is 5.75 Å². The average molecular weight is 391 g/mol. The van der Waals surface area contributed by atoms with Gasteiger partial charge in [-0.15, -0.1) is 0 Å². The van der Waals surface area contributed by atoms with Gasteiger partial charge in [0.2, 0.25) is 5.91 Å². The highest BCUT2D eigenvalue weighted by atomic mass is 16.5. The summed E-state index contributed by atoms with van der Waals surface area (Å²) in [6.07, 6.45) is 1.40. The first kappa shape index (κ1) is 19.2. The molecule has 0 aliphatic carbocycles. The molecule has 1 amide bonds. The van der Waals surface area contributed by atoms with Gasteiger partial charge in [-0.1, -0.05) is 36.3 Å². The molecule has 0 radical (unpaired) electrons. The van der Waals surface area contributed by atoms with E-state index in [0.717, 1.165) is 23.3 Å². The van der Waals surface area contributed by atoms with Crippen LogP contribution in [0.5, 0.6) is 5.75 Å². The first-order valence-corrected chi connectivity index (χ1v) is 10.1. The molecule has 0 saturated carbocycles. The Hall–Kier alpha value is -3.15. The predicted octanol–water partition coefficient (Wildman–Crippen LogP) is 4.21. The van der Waals surface area contributed by atoms with Crippen LogP contribution in [-0.2, 0) is 17.8 Å². The van der Waals surface area contributed by atoms with Crippen molar-refractivity contribution in [3.05, 3.63) is 65.5 Å². The molecule has 1 fully saturated rings. The van der Waals surface area contributed by atoms with Gasteiger partial charge in [0.25, 0.3) is 5.89 Å². The lowest BCUT2D eigenvalue weighted by Crippen LogP contribution is -2.24. The maximum Gasteiger partial charge on any atom is 0.257 e. The van der Waals surface area contributed by atoms with Gasteiger partial charge in [0.05, 0.1) is 6.61 Å². The number of hydrogen-bond donors (Lipinski definition) is 0. The van der Waals surface area contributed by atoms with E-state index in [4.69, 9.17) is 9.26 Å². The normalized spacial score (nSPS) is 16.4. The van der Waals surface area contributed by atoms with E-state index in [1.54, 1.807) is 0 Å². The minimum absolute atomic E-state index is 0.0439. The number of carbonyl (C=O) groups excluding carboxylic acids is 1. The first-order valence-electron chi connectivity index (χ1n) is 10.1. The zero-order chi connectivity index (χ0) is 20.2. The van der Waals surface area contributed by atoms with Crippen molar-refractivity contribution in [1.29, 1.82) is 0 Å². The van der Waals surface area contributed by atoms with Crippen molar-refractivity contribution >= 4 is 5.91 Å². The topological polar surface area (TPSA) is 68.5 Å². The Morgan fingerprint density at radius 1 is 1.07 bits per heavy atom. The Balaban J connectivity index is 1.41. The number of ether oxygens (including phenoxy) is 1. The van der Waals surface area contributed by atoms with Crippen LogP contribution in [0.3, 0.4) is 0 Å². The van der Waals surface area contributed by atoms with Crippen LogP contribution in [0.2, 0.25) is 0 Å². The van der Waals surface area contributed by atoms with Gasteiger partial charge in [-0.25, -0.2) is 0 Å². The highest BCUT2D eigenvalue weighted by Crippen LogP contribution is 2.29. The summed E-state index contributed by atoms with van der Waals surface area (Å²) in [6.45, 7) is 5.89. The molecule has 1 aromatic heterocycles. The zero-order valence-electron chi connectivity index (χ0n) is 16.8. The third-order valence-corrected chi connectivity index (χ3v) is 5.24. The lowest BCUT2D eigenvalue weighted by atomic mass is 10.1. The summed E-state index contributed by atoms with van der Waals surface area (Å²) < 4.78 is 10.9. The summed E-state index contributed by atoms with van der Waals surface area (Å²) in [5, 5.41) is 4.14. The van der Waals surface area contributed by atoms with Gasteiger partial charge in [-0.05, 0) is 48.7 Å². The molecule has 4 rings (SSSR count). The smallest absolute Gasteiger partial charge is 0.257 e. The fourth-order valence-corrected chi connectivity index (χ4v) is 3.58. The molecule has 1 aliphatic rings. The van der Waals surface area contributed by atoms with Crippen LogP contribution in [0, 0.1) is 0 Å². The minimum atomic E-state index is -0.0439. The van der Waals surface area contributed by atoms with Crippen LogP contribution in [0.15, 0.2) is 53.1 Å². The van der Waals surface area contributed by atoms with Crippen molar-refractivity contribution in [1.82, 2.24) is 15.0 Å². The maximum atomic E-state index is 12.5. The van der Waals surface area contributed by atoms with Gasteiger partial charge >= 0.3 is 0 Å². The largest absolute Gasteiger partial charge is 0.494 e. The highest BCUT2D eigenvalue weighted by molar-refractivity contribution is 5.79. The summed E-state index contributed by atoms with van der Waals surface area (Å²) >= 11 is 0. The van der Waals surface area contributed by atoms with Gasteiger partial charge in [0.15, 0.2) is 5.82 Å². The predicted molar refractivity (Wildman–Crippen MR) is 109 cm³/mol. The number of hydrogen-bond acceptors (Lipinski definition) is 5. The fourth-order valence-electron chi connectivity index (χ4n) is 3.58. The summed E-state index contributed by atoms with van der Waals surface area (Å²) in [4.78, 5) is 18.9. The van der Waals surface area contributed by atoms with Crippen LogP contribution in [0.1, 0.15) is 43.1 Å². The van der Waals surface area contributed by atoms with E-state index in [1.165, 1.54) is 5.56 Å². The van der Waals surface area contributed by atoms with E-state index in [2.05, 4.69) is 29.2 Å². The summed E-state index contributed by atoms with van der Waals surface area (Å²) in [6, 6.07) is 16.0. The zero-order valence-corrected chi connectivity index (χ0v) is 16.8. The van der Waals surface area contributed by atoms with E-state index < -0.39 is 0 Å².